The zero-order chi connectivity index (χ0) is 17.8. The van der Waals surface area contributed by atoms with Gasteiger partial charge in [-0.25, -0.2) is 4.98 Å². The highest BCUT2D eigenvalue weighted by molar-refractivity contribution is 5.69. The van der Waals surface area contributed by atoms with Gasteiger partial charge < -0.3 is 10.1 Å². The van der Waals surface area contributed by atoms with Crippen LogP contribution in [0.5, 0.6) is 0 Å². The monoisotopic (exact) mass is 336 g/mol. The molecule has 0 aliphatic carbocycles. The number of nitrogens with zero attached hydrogens (tertiary/aromatic N) is 3. The molecule has 0 aliphatic rings. The third kappa shape index (κ3) is 3.69. The topological polar surface area (TPSA) is 46.6 Å². The highest BCUT2D eigenvalue weighted by atomic mass is 15.1. The third-order valence-electron chi connectivity index (χ3n) is 4.58. The Morgan fingerprint density at radius 2 is 1.72 bits per heavy atom. The molecule has 3 aromatic rings. The number of aromatic nitrogens is 2. The summed E-state index contributed by atoms with van der Waals surface area (Å²) in [4.78, 5) is 7.50. The molecule has 0 atom stereocenters. The van der Waals surface area contributed by atoms with Crippen LogP contribution >= 0.6 is 0 Å². The van der Waals surface area contributed by atoms with Gasteiger partial charge in [0, 0.05) is 24.0 Å². The van der Waals surface area contributed by atoms with Gasteiger partial charge in [0.15, 0.2) is 0 Å². The second kappa shape index (κ2) is 7.70. The van der Waals surface area contributed by atoms with Crippen molar-refractivity contribution in [3.63, 3.8) is 0 Å². The van der Waals surface area contributed by atoms with Crippen LogP contribution in [0.2, 0.25) is 0 Å². The molecular formula is C21H28N4. The fourth-order valence-corrected chi connectivity index (χ4v) is 3.39. The fourth-order valence-electron chi connectivity index (χ4n) is 3.39. The Balaban J connectivity index is 2.11. The highest BCUT2D eigenvalue weighted by Crippen LogP contribution is 2.27. The molecule has 0 saturated carbocycles. The van der Waals surface area contributed by atoms with E-state index in [1.54, 1.807) is 0 Å². The number of aryl methyl sites for hydroxylation is 1. The van der Waals surface area contributed by atoms with Gasteiger partial charge in [-0.3, -0.25) is 4.90 Å². The van der Waals surface area contributed by atoms with Gasteiger partial charge in [-0.1, -0.05) is 32.0 Å². The van der Waals surface area contributed by atoms with Crippen molar-refractivity contribution in [1.29, 1.82) is 0 Å². The lowest BCUT2D eigenvalue weighted by atomic mass is 10.1. The summed E-state index contributed by atoms with van der Waals surface area (Å²) in [6, 6.07) is 12.3. The number of nitrogen functional groups attached to an aromatic ring is 1. The first-order chi connectivity index (χ1) is 12.1. The quantitative estimate of drug-likeness (QED) is 0.646. The molecule has 3 rings (SSSR count). The van der Waals surface area contributed by atoms with Gasteiger partial charge in [-0.15, -0.1) is 0 Å². The van der Waals surface area contributed by atoms with Crippen LogP contribution < -0.4 is 5.73 Å². The Morgan fingerprint density at radius 1 is 1.04 bits per heavy atom. The minimum absolute atomic E-state index is 0.781. The largest absolute Gasteiger partial charge is 0.399 e. The van der Waals surface area contributed by atoms with Gasteiger partial charge in [-0.05, 0) is 56.6 Å². The molecule has 132 valence electrons. The van der Waals surface area contributed by atoms with Crippen LogP contribution in [0.15, 0.2) is 42.6 Å². The normalized spacial score (nSPS) is 11.5. The molecule has 0 bridgehead atoms. The molecule has 0 spiro atoms. The van der Waals surface area contributed by atoms with Crippen LogP contribution in [0.1, 0.15) is 37.9 Å². The van der Waals surface area contributed by atoms with Gasteiger partial charge in [0.2, 0.25) is 0 Å². The van der Waals surface area contributed by atoms with E-state index in [0.29, 0.717) is 0 Å². The van der Waals surface area contributed by atoms with Crippen molar-refractivity contribution in [2.24, 2.45) is 0 Å². The number of rotatable bonds is 7. The SMILES string of the molecule is CCCN(CCC)Cc1c(-c2ccc(N)cc2)nc2c(C)cccn12. The predicted molar refractivity (Wildman–Crippen MR) is 106 cm³/mol. The third-order valence-corrected chi connectivity index (χ3v) is 4.58. The molecule has 0 unspecified atom stereocenters. The van der Waals surface area contributed by atoms with E-state index in [2.05, 4.69) is 60.5 Å². The molecule has 0 saturated heterocycles. The number of fused-ring (bicyclic) bond motifs is 1. The van der Waals surface area contributed by atoms with Crippen LogP contribution in [0, 0.1) is 6.92 Å². The molecule has 4 nitrogen and oxygen atoms in total. The minimum atomic E-state index is 0.781. The molecule has 2 heterocycles. The van der Waals surface area contributed by atoms with Gasteiger partial charge in [0.1, 0.15) is 5.65 Å². The molecule has 2 N–H and O–H groups in total. The van der Waals surface area contributed by atoms with Crippen molar-refractivity contribution in [2.75, 3.05) is 18.8 Å². The average molecular weight is 336 g/mol. The summed E-state index contributed by atoms with van der Waals surface area (Å²) in [5.41, 5.74) is 12.3. The molecule has 0 radical (unpaired) electrons. The lowest BCUT2D eigenvalue weighted by Crippen LogP contribution is -2.25. The van der Waals surface area contributed by atoms with E-state index >= 15 is 0 Å². The van der Waals surface area contributed by atoms with Crippen LogP contribution in [-0.2, 0) is 6.54 Å². The maximum atomic E-state index is 5.87. The summed E-state index contributed by atoms with van der Waals surface area (Å²) in [5, 5.41) is 0. The standard InChI is InChI=1S/C21H28N4/c1-4-12-24(13-5-2)15-19-20(17-8-10-18(22)11-9-17)23-21-16(3)7-6-14-25(19)21/h6-11,14H,4-5,12-13,15,22H2,1-3H3. The molecule has 0 aliphatic heterocycles. The Labute approximate surface area is 150 Å². The Hall–Kier alpha value is -2.33. The Morgan fingerprint density at radius 3 is 2.36 bits per heavy atom. The van der Waals surface area contributed by atoms with E-state index < -0.39 is 0 Å². The zero-order valence-corrected chi connectivity index (χ0v) is 15.5. The zero-order valence-electron chi connectivity index (χ0n) is 15.5. The summed E-state index contributed by atoms with van der Waals surface area (Å²) in [5.74, 6) is 0. The van der Waals surface area contributed by atoms with E-state index in [9.17, 15) is 0 Å². The van der Waals surface area contributed by atoms with Crippen LogP contribution in [0.3, 0.4) is 0 Å². The molecule has 25 heavy (non-hydrogen) atoms. The van der Waals surface area contributed by atoms with Crippen molar-refractivity contribution in [2.45, 2.75) is 40.2 Å². The van der Waals surface area contributed by atoms with Crippen molar-refractivity contribution in [3.8, 4) is 11.3 Å². The summed E-state index contributed by atoms with van der Waals surface area (Å²) in [7, 11) is 0. The summed E-state index contributed by atoms with van der Waals surface area (Å²) in [6.07, 6.45) is 4.45. The summed E-state index contributed by atoms with van der Waals surface area (Å²) >= 11 is 0. The number of pyridine rings is 1. The number of imidazole rings is 1. The van der Waals surface area contributed by atoms with Crippen LogP contribution in [0.25, 0.3) is 16.9 Å². The maximum absolute atomic E-state index is 5.87. The van der Waals surface area contributed by atoms with Crippen molar-refractivity contribution in [1.82, 2.24) is 14.3 Å². The molecular weight excluding hydrogens is 308 g/mol. The first kappa shape index (κ1) is 17.5. The molecule has 4 heteroatoms. The molecule has 2 aromatic heterocycles. The Bertz CT molecular complexity index is 827. The number of anilines is 1. The van der Waals surface area contributed by atoms with Crippen molar-refractivity contribution in [3.05, 3.63) is 53.9 Å². The van der Waals surface area contributed by atoms with Gasteiger partial charge in [0.05, 0.1) is 11.4 Å². The van der Waals surface area contributed by atoms with E-state index in [4.69, 9.17) is 10.7 Å². The molecule has 1 aromatic carbocycles. The van der Waals surface area contributed by atoms with Gasteiger partial charge in [-0.2, -0.15) is 0 Å². The number of hydrogen-bond donors (Lipinski definition) is 1. The maximum Gasteiger partial charge on any atom is 0.140 e. The smallest absolute Gasteiger partial charge is 0.140 e. The van der Waals surface area contributed by atoms with E-state index in [0.717, 1.165) is 55.1 Å². The molecule has 0 amide bonds. The van der Waals surface area contributed by atoms with E-state index in [1.807, 2.05) is 12.1 Å². The second-order valence-corrected chi connectivity index (χ2v) is 6.69. The minimum Gasteiger partial charge on any atom is -0.399 e. The van der Waals surface area contributed by atoms with E-state index in [1.165, 1.54) is 11.3 Å². The summed E-state index contributed by atoms with van der Waals surface area (Å²) < 4.78 is 2.25. The average Bonchev–Trinajstić information content (AvgIpc) is 2.96. The van der Waals surface area contributed by atoms with Crippen LogP contribution in [0.4, 0.5) is 5.69 Å². The number of benzene rings is 1. The van der Waals surface area contributed by atoms with Gasteiger partial charge >= 0.3 is 0 Å². The fraction of sp³-hybridized carbons (Fsp3) is 0.381. The molecule has 0 fully saturated rings. The van der Waals surface area contributed by atoms with Gasteiger partial charge in [0.25, 0.3) is 0 Å². The van der Waals surface area contributed by atoms with Crippen LogP contribution in [-0.4, -0.2) is 27.4 Å². The van der Waals surface area contributed by atoms with Crippen molar-refractivity contribution >= 4 is 11.3 Å². The Kier molecular flexibility index (Phi) is 5.39. The first-order valence-electron chi connectivity index (χ1n) is 9.18. The number of hydrogen-bond acceptors (Lipinski definition) is 3. The highest BCUT2D eigenvalue weighted by Gasteiger charge is 2.17. The van der Waals surface area contributed by atoms with Crippen molar-refractivity contribution < 1.29 is 0 Å². The number of nitrogens with two attached hydrogens (primary N) is 1. The predicted octanol–water partition coefficient (Wildman–Crippen LogP) is 4.51. The second-order valence-electron chi connectivity index (χ2n) is 6.69. The lowest BCUT2D eigenvalue weighted by Gasteiger charge is -2.21. The van der Waals surface area contributed by atoms with E-state index in [-0.39, 0.29) is 0 Å². The first-order valence-corrected chi connectivity index (χ1v) is 9.18. The summed E-state index contributed by atoms with van der Waals surface area (Å²) in [6.45, 7) is 9.72. The lowest BCUT2D eigenvalue weighted by molar-refractivity contribution is 0.263.